The predicted octanol–water partition coefficient (Wildman–Crippen LogP) is 1.55. The highest BCUT2D eigenvalue weighted by Crippen LogP contribution is 2.19. The van der Waals surface area contributed by atoms with Crippen LogP contribution in [0, 0.1) is 0 Å². The third-order valence-electron chi connectivity index (χ3n) is 3.41. The Kier molecular flexibility index (Phi) is 4.02. The van der Waals surface area contributed by atoms with E-state index in [-0.39, 0.29) is 5.41 Å². The van der Waals surface area contributed by atoms with Crippen molar-refractivity contribution in [2.75, 3.05) is 20.1 Å². The zero-order chi connectivity index (χ0) is 13.2. The van der Waals surface area contributed by atoms with E-state index < -0.39 is 0 Å². The molecular weight excluding hydrogens is 228 g/mol. The van der Waals surface area contributed by atoms with Gasteiger partial charge in [0.2, 0.25) is 5.89 Å². The van der Waals surface area contributed by atoms with Crippen LogP contribution in [0.5, 0.6) is 0 Å². The largest absolute Gasteiger partial charge is 0.338 e. The number of nitrogens with one attached hydrogen (secondary N) is 1. The van der Waals surface area contributed by atoms with E-state index in [1.807, 2.05) is 7.05 Å². The predicted molar refractivity (Wildman–Crippen MR) is 70.4 cm³/mol. The molecule has 18 heavy (non-hydrogen) atoms. The number of likely N-dealkylation sites (N-methyl/N-ethyl adjacent to an activating group) is 1. The summed E-state index contributed by atoms with van der Waals surface area (Å²) in [5.74, 6) is 1.52. The lowest BCUT2D eigenvalue weighted by molar-refractivity contribution is 0.167. The SMILES string of the molecule is CNC1CCCN(Cc2nc(C(C)(C)C)no2)C1. The fourth-order valence-corrected chi connectivity index (χ4v) is 2.25. The first-order valence-electron chi connectivity index (χ1n) is 6.71. The maximum absolute atomic E-state index is 5.34. The van der Waals surface area contributed by atoms with Crippen LogP contribution in [0.4, 0.5) is 0 Å². The monoisotopic (exact) mass is 252 g/mol. The molecule has 1 unspecified atom stereocenters. The molecule has 1 aliphatic rings. The standard InChI is InChI=1S/C13H24N4O/c1-13(2,3)12-15-11(18-16-12)9-17-7-5-6-10(8-17)14-4/h10,14H,5-9H2,1-4H3. The van der Waals surface area contributed by atoms with E-state index in [0.29, 0.717) is 6.04 Å². The Hall–Kier alpha value is -0.940. The topological polar surface area (TPSA) is 54.2 Å². The second kappa shape index (κ2) is 5.36. The lowest BCUT2D eigenvalue weighted by Gasteiger charge is -2.31. The summed E-state index contributed by atoms with van der Waals surface area (Å²) in [6.07, 6.45) is 2.48. The van der Waals surface area contributed by atoms with E-state index >= 15 is 0 Å². The number of piperidine rings is 1. The summed E-state index contributed by atoms with van der Waals surface area (Å²) in [5, 5.41) is 7.40. The van der Waals surface area contributed by atoms with Gasteiger partial charge in [-0.1, -0.05) is 25.9 Å². The zero-order valence-corrected chi connectivity index (χ0v) is 11.9. The second-order valence-electron chi connectivity index (χ2n) is 6.12. The number of hydrogen-bond donors (Lipinski definition) is 1. The minimum absolute atomic E-state index is 0.0445. The lowest BCUT2D eigenvalue weighted by Crippen LogP contribution is -2.43. The van der Waals surface area contributed by atoms with Crippen molar-refractivity contribution in [1.29, 1.82) is 0 Å². The molecule has 0 saturated carbocycles. The van der Waals surface area contributed by atoms with Crippen molar-refractivity contribution in [3.05, 3.63) is 11.7 Å². The minimum Gasteiger partial charge on any atom is -0.338 e. The van der Waals surface area contributed by atoms with Crippen LogP contribution in [0.3, 0.4) is 0 Å². The van der Waals surface area contributed by atoms with Crippen molar-refractivity contribution in [2.24, 2.45) is 0 Å². The quantitative estimate of drug-likeness (QED) is 0.884. The van der Waals surface area contributed by atoms with Crippen molar-refractivity contribution >= 4 is 0 Å². The first kappa shape index (κ1) is 13.5. The third-order valence-corrected chi connectivity index (χ3v) is 3.41. The average Bonchev–Trinajstić information content (AvgIpc) is 2.77. The van der Waals surface area contributed by atoms with Crippen molar-refractivity contribution in [2.45, 2.75) is 51.6 Å². The summed E-state index contributed by atoms with van der Waals surface area (Å²) in [6, 6.07) is 0.587. The molecule has 1 aromatic rings. The highest BCUT2D eigenvalue weighted by Gasteiger charge is 2.23. The van der Waals surface area contributed by atoms with Crippen molar-refractivity contribution in [1.82, 2.24) is 20.4 Å². The summed E-state index contributed by atoms with van der Waals surface area (Å²) in [6.45, 7) is 9.23. The molecule has 5 nitrogen and oxygen atoms in total. The van der Waals surface area contributed by atoms with Gasteiger partial charge in [-0.3, -0.25) is 4.90 Å². The van der Waals surface area contributed by atoms with Crippen LogP contribution >= 0.6 is 0 Å². The molecule has 2 rings (SSSR count). The number of aromatic nitrogens is 2. The van der Waals surface area contributed by atoms with E-state index in [4.69, 9.17) is 4.52 Å². The summed E-state index contributed by atoms with van der Waals surface area (Å²) < 4.78 is 5.34. The van der Waals surface area contributed by atoms with Gasteiger partial charge in [-0.05, 0) is 26.4 Å². The van der Waals surface area contributed by atoms with Crippen LogP contribution in [-0.4, -0.2) is 41.2 Å². The van der Waals surface area contributed by atoms with E-state index in [2.05, 4.69) is 41.1 Å². The molecule has 0 spiro atoms. The lowest BCUT2D eigenvalue weighted by atomic mass is 9.96. The highest BCUT2D eigenvalue weighted by atomic mass is 16.5. The second-order valence-corrected chi connectivity index (χ2v) is 6.12. The number of nitrogens with zero attached hydrogens (tertiary/aromatic N) is 3. The summed E-state index contributed by atoms with van der Waals surface area (Å²) >= 11 is 0. The minimum atomic E-state index is -0.0445. The fourth-order valence-electron chi connectivity index (χ4n) is 2.25. The molecule has 2 heterocycles. The Labute approximate surface area is 109 Å². The van der Waals surface area contributed by atoms with Gasteiger partial charge in [0.15, 0.2) is 5.82 Å². The van der Waals surface area contributed by atoms with Crippen LogP contribution in [0.15, 0.2) is 4.52 Å². The van der Waals surface area contributed by atoms with Gasteiger partial charge in [0.1, 0.15) is 0 Å². The molecule has 5 heteroatoms. The number of likely N-dealkylation sites (tertiary alicyclic amines) is 1. The smallest absolute Gasteiger partial charge is 0.240 e. The maximum Gasteiger partial charge on any atom is 0.240 e. The molecule has 0 bridgehead atoms. The molecule has 1 N–H and O–H groups in total. The Morgan fingerprint density at radius 2 is 2.22 bits per heavy atom. The van der Waals surface area contributed by atoms with Crippen LogP contribution in [0.1, 0.15) is 45.3 Å². The zero-order valence-electron chi connectivity index (χ0n) is 11.9. The summed E-state index contributed by atoms with van der Waals surface area (Å²) in [7, 11) is 2.03. The maximum atomic E-state index is 5.34. The summed E-state index contributed by atoms with van der Waals surface area (Å²) in [4.78, 5) is 6.87. The Bertz CT molecular complexity index is 383. The highest BCUT2D eigenvalue weighted by molar-refractivity contribution is 5.00. The third kappa shape index (κ3) is 3.29. The first-order chi connectivity index (χ1) is 8.49. The van der Waals surface area contributed by atoms with Gasteiger partial charge in [0, 0.05) is 18.0 Å². The van der Waals surface area contributed by atoms with Crippen LogP contribution < -0.4 is 5.32 Å². The van der Waals surface area contributed by atoms with Gasteiger partial charge in [-0.15, -0.1) is 0 Å². The molecule has 0 aromatic carbocycles. The molecular formula is C13H24N4O. The Balaban J connectivity index is 1.95. The van der Waals surface area contributed by atoms with E-state index in [1.54, 1.807) is 0 Å². The summed E-state index contributed by atoms with van der Waals surface area (Å²) in [5.41, 5.74) is -0.0445. The van der Waals surface area contributed by atoms with Crippen molar-refractivity contribution < 1.29 is 4.52 Å². The first-order valence-corrected chi connectivity index (χ1v) is 6.71. The molecule has 102 valence electrons. The molecule has 1 saturated heterocycles. The van der Waals surface area contributed by atoms with E-state index in [0.717, 1.165) is 31.3 Å². The Morgan fingerprint density at radius 1 is 1.44 bits per heavy atom. The molecule has 1 aliphatic heterocycles. The van der Waals surface area contributed by atoms with E-state index in [1.165, 1.54) is 12.8 Å². The molecule has 0 aliphatic carbocycles. The van der Waals surface area contributed by atoms with Crippen LogP contribution in [0.2, 0.25) is 0 Å². The molecule has 0 amide bonds. The van der Waals surface area contributed by atoms with E-state index in [9.17, 15) is 0 Å². The Morgan fingerprint density at radius 3 is 2.83 bits per heavy atom. The molecule has 1 atom stereocenters. The van der Waals surface area contributed by atoms with Gasteiger partial charge < -0.3 is 9.84 Å². The normalized spacial score (nSPS) is 22.3. The number of rotatable bonds is 3. The van der Waals surface area contributed by atoms with Gasteiger partial charge >= 0.3 is 0 Å². The van der Waals surface area contributed by atoms with Gasteiger partial charge in [-0.25, -0.2) is 0 Å². The van der Waals surface area contributed by atoms with Gasteiger partial charge in [0.05, 0.1) is 6.54 Å². The van der Waals surface area contributed by atoms with Gasteiger partial charge in [0.25, 0.3) is 0 Å². The average molecular weight is 252 g/mol. The van der Waals surface area contributed by atoms with Crippen molar-refractivity contribution in [3.63, 3.8) is 0 Å². The van der Waals surface area contributed by atoms with Crippen LogP contribution in [-0.2, 0) is 12.0 Å². The van der Waals surface area contributed by atoms with Gasteiger partial charge in [-0.2, -0.15) is 4.98 Å². The van der Waals surface area contributed by atoms with Crippen molar-refractivity contribution in [3.8, 4) is 0 Å². The molecule has 1 fully saturated rings. The number of hydrogen-bond acceptors (Lipinski definition) is 5. The van der Waals surface area contributed by atoms with Crippen LogP contribution in [0.25, 0.3) is 0 Å². The molecule has 0 radical (unpaired) electrons. The molecule has 1 aromatic heterocycles. The fraction of sp³-hybridized carbons (Fsp3) is 0.846.